The van der Waals surface area contributed by atoms with Crippen molar-refractivity contribution >= 4 is 54.7 Å². The van der Waals surface area contributed by atoms with Crippen LogP contribution in [0, 0.1) is 19.1 Å². The van der Waals surface area contributed by atoms with Crippen molar-refractivity contribution in [3.05, 3.63) is 115 Å². The van der Waals surface area contributed by atoms with E-state index in [9.17, 15) is 0 Å². The van der Waals surface area contributed by atoms with Gasteiger partial charge in [0.1, 0.15) is 10.5 Å². The number of fused-ring (bicyclic) bond motifs is 4. The molecule has 0 unspecified atom stereocenters. The van der Waals surface area contributed by atoms with Crippen LogP contribution in [0.4, 0.5) is 17.1 Å². The molecule has 3 aromatic heterocycles. The van der Waals surface area contributed by atoms with Crippen LogP contribution in [0.3, 0.4) is 0 Å². The molecule has 6 heteroatoms. The van der Waals surface area contributed by atoms with Gasteiger partial charge in [-0.3, -0.25) is 0 Å². The summed E-state index contributed by atoms with van der Waals surface area (Å²) in [7, 11) is 0. The third-order valence-corrected chi connectivity index (χ3v) is 7.55. The van der Waals surface area contributed by atoms with Gasteiger partial charge < -0.3 is 4.98 Å². The van der Waals surface area contributed by atoms with Crippen molar-refractivity contribution in [3.63, 3.8) is 0 Å². The topological polar surface area (TPSA) is 31.8 Å². The molecule has 3 aromatic carbocycles. The van der Waals surface area contributed by atoms with Crippen LogP contribution in [0.15, 0.2) is 97.3 Å². The van der Waals surface area contributed by atoms with Gasteiger partial charge in [0.05, 0.1) is 0 Å². The van der Waals surface area contributed by atoms with Gasteiger partial charge in [-0.05, 0) is 48.2 Å². The van der Waals surface area contributed by atoms with Crippen molar-refractivity contribution in [1.29, 1.82) is 0 Å². The first-order chi connectivity index (χ1) is 18.6. The predicted molar refractivity (Wildman–Crippen MR) is 157 cm³/mol. The molecular weight excluding hydrogens is 677 g/mol. The minimum atomic E-state index is 0. The quantitative estimate of drug-likeness (QED) is 0.138. The van der Waals surface area contributed by atoms with Gasteiger partial charge >= 0.3 is 6.01 Å². The van der Waals surface area contributed by atoms with E-state index in [1.165, 1.54) is 26.7 Å². The van der Waals surface area contributed by atoms with E-state index in [1.807, 2.05) is 61.8 Å². The maximum absolute atomic E-state index is 4.53. The van der Waals surface area contributed by atoms with Gasteiger partial charge in [0.15, 0.2) is 6.04 Å². The second-order valence-electron chi connectivity index (χ2n) is 9.41. The van der Waals surface area contributed by atoms with E-state index in [2.05, 4.69) is 93.6 Å². The van der Waals surface area contributed by atoms with Gasteiger partial charge in [-0.25, -0.2) is 4.98 Å². The van der Waals surface area contributed by atoms with Crippen molar-refractivity contribution < 1.29 is 24.7 Å². The largest absolute Gasteiger partial charge is 0.494 e. The average Bonchev–Trinajstić information content (AvgIpc) is 3.54. The number of rotatable bonds is 3. The fourth-order valence-corrected chi connectivity index (χ4v) is 5.67. The summed E-state index contributed by atoms with van der Waals surface area (Å²) in [5, 5.41) is 2.43. The minimum Gasteiger partial charge on any atom is -0.304 e. The minimum absolute atomic E-state index is 0. The molecule has 0 bridgehead atoms. The molecule has 0 spiro atoms. The first-order valence-corrected chi connectivity index (χ1v) is 13.4. The molecule has 193 valence electrons. The number of benzene rings is 3. The molecule has 7 rings (SSSR count). The Morgan fingerprint density at radius 3 is 2.38 bits per heavy atom. The van der Waals surface area contributed by atoms with Crippen LogP contribution in [-0.2, 0) is 20.1 Å². The molecule has 0 saturated carbocycles. The number of hydrogen-bond donors (Lipinski definition) is 0. The van der Waals surface area contributed by atoms with Crippen LogP contribution in [0.5, 0.6) is 0 Å². The molecule has 0 aliphatic carbocycles. The molecule has 0 amide bonds. The van der Waals surface area contributed by atoms with E-state index in [0.717, 1.165) is 27.5 Å². The monoisotopic (exact) mass is 703 g/mol. The van der Waals surface area contributed by atoms with Crippen LogP contribution in [-0.4, -0.2) is 26.6 Å². The summed E-state index contributed by atoms with van der Waals surface area (Å²) in [6.07, 6.45) is 3.72. The summed E-state index contributed by atoms with van der Waals surface area (Å²) in [6.45, 7) is 6.40. The second kappa shape index (κ2) is 11.5. The maximum Gasteiger partial charge on any atom is 0.494 e. The van der Waals surface area contributed by atoms with Gasteiger partial charge in [0, 0.05) is 44.6 Å². The molecule has 4 nitrogen and oxygen atoms in total. The molecule has 39 heavy (non-hydrogen) atoms. The summed E-state index contributed by atoms with van der Waals surface area (Å²) >= 11 is 1.72. The van der Waals surface area contributed by atoms with Crippen molar-refractivity contribution in [2.24, 2.45) is 0 Å². The Labute approximate surface area is 246 Å². The summed E-state index contributed by atoms with van der Waals surface area (Å²) < 4.78 is 5.52. The predicted octanol–water partition coefficient (Wildman–Crippen LogP) is 8.18. The number of pyridine rings is 2. The summed E-state index contributed by atoms with van der Waals surface area (Å²) in [5.41, 5.74) is 6.57. The molecule has 1 radical (unpaired) electrons. The third-order valence-electron chi connectivity index (χ3n) is 6.42. The van der Waals surface area contributed by atoms with E-state index < -0.39 is 0 Å². The van der Waals surface area contributed by atoms with E-state index in [-0.39, 0.29) is 20.1 Å². The number of para-hydroxylation sites is 2. The Balaban J connectivity index is 0.000000187. The number of thiophene rings is 1. The first kappa shape index (κ1) is 26.8. The average molecular weight is 703 g/mol. The summed E-state index contributed by atoms with van der Waals surface area (Å²) in [6, 6.07) is 39.1. The fourth-order valence-electron chi connectivity index (χ4n) is 4.54. The molecule has 1 aliphatic heterocycles. The number of nitrogens with zero attached hydrogens (tertiary/aromatic N) is 4. The van der Waals surface area contributed by atoms with Crippen LogP contribution in [0.25, 0.3) is 31.6 Å². The molecular formula is C33H26IrN4S. The number of aryl methyl sites for hydroxylation is 1. The Hall–Kier alpha value is -3.79. The molecule has 0 atom stereocenters. The molecule has 1 aliphatic rings. The summed E-state index contributed by atoms with van der Waals surface area (Å²) in [4.78, 5) is 9.91. The van der Waals surface area contributed by atoms with Crippen LogP contribution in [0.1, 0.15) is 19.4 Å². The molecule has 4 heterocycles. The Bertz CT molecular complexity index is 1830. The van der Waals surface area contributed by atoms with Crippen molar-refractivity contribution in [2.45, 2.75) is 26.8 Å². The Morgan fingerprint density at radius 2 is 1.64 bits per heavy atom. The molecule has 6 aromatic rings. The van der Waals surface area contributed by atoms with E-state index in [1.54, 1.807) is 11.3 Å². The van der Waals surface area contributed by atoms with E-state index in [0.29, 0.717) is 6.04 Å². The van der Waals surface area contributed by atoms with E-state index >= 15 is 0 Å². The van der Waals surface area contributed by atoms with E-state index in [4.69, 9.17) is 0 Å². The van der Waals surface area contributed by atoms with Gasteiger partial charge in [-0.1, -0.05) is 39.5 Å². The second-order valence-corrected chi connectivity index (χ2v) is 10.4. The zero-order chi connectivity index (χ0) is 26.1. The fraction of sp³-hybridized carbons (Fsp3) is 0.121. The molecule has 0 saturated heterocycles. The van der Waals surface area contributed by atoms with Gasteiger partial charge in [-0.2, -0.15) is 23.5 Å². The van der Waals surface area contributed by atoms with Crippen LogP contribution >= 0.6 is 11.3 Å². The zero-order valence-corrected chi connectivity index (χ0v) is 25.1. The zero-order valence-electron chi connectivity index (χ0n) is 21.8. The molecule has 0 N–H and O–H groups in total. The smallest absolute Gasteiger partial charge is 0.304 e. The standard InChI is InChI=1S/C21H16N3S.C12H10N.Ir/c1-14(2)23-13-24(18-10-4-3-9-17(18)23)19-11-5-7-15-16-8-6-12-22-21(16)25-20(15)19;1-10-7-8-12(13-9-10)11-5-3-2-4-6-11;/h3-10,12,14H,1-2H3;2-5,7-9H,1H3;/q+1;-1;. The molecule has 0 fully saturated rings. The van der Waals surface area contributed by atoms with Crippen molar-refractivity contribution in [3.8, 4) is 11.3 Å². The van der Waals surface area contributed by atoms with Gasteiger partial charge in [0.2, 0.25) is 0 Å². The number of hydrogen-bond acceptors (Lipinski definition) is 3. The Kier molecular flexibility index (Phi) is 7.92. The maximum atomic E-state index is 4.53. The van der Waals surface area contributed by atoms with Gasteiger partial charge in [0.25, 0.3) is 11.4 Å². The van der Waals surface area contributed by atoms with Gasteiger partial charge in [-0.15, -0.1) is 47.3 Å². The van der Waals surface area contributed by atoms with Crippen molar-refractivity contribution in [1.82, 2.24) is 14.5 Å². The van der Waals surface area contributed by atoms with Crippen LogP contribution < -0.4 is 4.58 Å². The van der Waals surface area contributed by atoms with Crippen molar-refractivity contribution in [2.75, 3.05) is 0 Å². The third kappa shape index (κ3) is 5.25. The van der Waals surface area contributed by atoms with Crippen LogP contribution in [0.2, 0.25) is 0 Å². The summed E-state index contributed by atoms with van der Waals surface area (Å²) in [5.74, 6) is 0. The SMILES string of the molecule is CC(C)[N+]1=C=[N+](c2[c-]ccc3c2sc2ncccc23)c2ccccc21.Cc1ccc(-c2[c-]cccc2)nc1.[Ir]. The Morgan fingerprint density at radius 1 is 0.821 bits per heavy atom. The number of aromatic nitrogens is 2. The normalized spacial score (nSPS) is 11.9. The first-order valence-electron chi connectivity index (χ1n) is 12.6.